The van der Waals surface area contributed by atoms with Gasteiger partial charge in [-0.3, -0.25) is 4.79 Å². The molecular formula is C21H33N3O. The largest absolute Gasteiger partial charge is 0.352 e. The molecule has 2 fully saturated rings. The van der Waals surface area contributed by atoms with Crippen LogP contribution in [-0.2, 0) is 0 Å². The summed E-state index contributed by atoms with van der Waals surface area (Å²) in [6.07, 6.45) is 6.15. The Bertz CT molecular complexity index is 546. The summed E-state index contributed by atoms with van der Waals surface area (Å²) in [5, 5.41) is 6.57. The molecule has 0 saturated carbocycles. The minimum atomic E-state index is 0.0845. The number of piperidine rings is 1. The Hall–Kier alpha value is -1.39. The number of rotatable bonds is 7. The van der Waals surface area contributed by atoms with Gasteiger partial charge in [0.05, 0.1) is 0 Å². The predicted octanol–water partition coefficient (Wildman–Crippen LogP) is 3.01. The molecule has 138 valence electrons. The lowest BCUT2D eigenvalue weighted by Gasteiger charge is -2.31. The maximum absolute atomic E-state index is 12.5. The van der Waals surface area contributed by atoms with Crippen molar-refractivity contribution in [2.24, 2.45) is 5.92 Å². The topological polar surface area (TPSA) is 44.4 Å². The number of carbonyl (C=O) groups is 1. The van der Waals surface area contributed by atoms with Gasteiger partial charge in [0, 0.05) is 18.7 Å². The smallest absolute Gasteiger partial charge is 0.251 e. The molecule has 4 nitrogen and oxygen atoms in total. The van der Waals surface area contributed by atoms with Gasteiger partial charge in [-0.25, -0.2) is 0 Å². The number of amides is 1. The second-order valence-corrected chi connectivity index (χ2v) is 7.66. The van der Waals surface area contributed by atoms with Crippen LogP contribution in [0.15, 0.2) is 24.3 Å². The van der Waals surface area contributed by atoms with E-state index in [1.807, 2.05) is 12.1 Å². The first-order chi connectivity index (χ1) is 12.3. The summed E-state index contributed by atoms with van der Waals surface area (Å²) in [7, 11) is 0. The molecule has 0 spiro atoms. The lowest BCUT2D eigenvalue weighted by atomic mass is 9.95. The summed E-state index contributed by atoms with van der Waals surface area (Å²) in [5.74, 6) is 1.27. The molecule has 1 aromatic rings. The standard InChI is InChI=1S/C21H33N3O/c1-2-3-11-24-12-8-17(9-13-24)15-23-21(25)19-6-4-5-18(14-19)20-7-10-22-16-20/h4-6,14,17,20,22H,2-3,7-13,15-16H2,1H3,(H,23,25)/t20-/m0/s1. The predicted molar refractivity (Wildman–Crippen MR) is 103 cm³/mol. The van der Waals surface area contributed by atoms with Crippen LogP contribution in [-0.4, -0.2) is 50.1 Å². The number of unbranched alkanes of at least 4 members (excludes halogenated alkanes) is 1. The van der Waals surface area contributed by atoms with Crippen LogP contribution in [0.1, 0.15) is 60.9 Å². The number of hydrogen-bond donors (Lipinski definition) is 2. The van der Waals surface area contributed by atoms with Crippen molar-refractivity contribution in [2.75, 3.05) is 39.3 Å². The minimum absolute atomic E-state index is 0.0845. The van der Waals surface area contributed by atoms with Crippen LogP contribution in [0, 0.1) is 5.92 Å². The Morgan fingerprint density at radius 1 is 1.28 bits per heavy atom. The van der Waals surface area contributed by atoms with Gasteiger partial charge in [0.25, 0.3) is 5.91 Å². The molecule has 2 N–H and O–H groups in total. The van der Waals surface area contributed by atoms with E-state index >= 15 is 0 Å². The van der Waals surface area contributed by atoms with Gasteiger partial charge in [0.2, 0.25) is 0 Å². The molecule has 4 heteroatoms. The van der Waals surface area contributed by atoms with Crippen LogP contribution in [0.25, 0.3) is 0 Å². The first-order valence-corrected chi connectivity index (χ1v) is 10.1. The van der Waals surface area contributed by atoms with Crippen LogP contribution in [0.4, 0.5) is 0 Å². The van der Waals surface area contributed by atoms with Gasteiger partial charge in [0.1, 0.15) is 0 Å². The van der Waals surface area contributed by atoms with E-state index in [0.29, 0.717) is 11.8 Å². The van der Waals surface area contributed by atoms with E-state index in [4.69, 9.17) is 0 Å². The van der Waals surface area contributed by atoms with E-state index in [1.165, 1.54) is 57.3 Å². The third-order valence-corrected chi connectivity index (χ3v) is 5.77. The fraction of sp³-hybridized carbons (Fsp3) is 0.667. The van der Waals surface area contributed by atoms with Crippen LogP contribution >= 0.6 is 0 Å². The van der Waals surface area contributed by atoms with Crippen molar-refractivity contribution in [2.45, 2.75) is 44.9 Å². The molecule has 1 aromatic carbocycles. The Kier molecular flexibility index (Phi) is 6.88. The first kappa shape index (κ1) is 18.4. The highest BCUT2D eigenvalue weighted by molar-refractivity contribution is 5.94. The first-order valence-electron chi connectivity index (χ1n) is 10.1. The molecule has 3 rings (SSSR count). The SMILES string of the molecule is CCCCN1CCC(CNC(=O)c2cccc([C@H]3CCNC3)c2)CC1. The van der Waals surface area contributed by atoms with Gasteiger partial charge in [0.15, 0.2) is 0 Å². The number of nitrogens with zero attached hydrogens (tertiary/aromatic N) is 1. The van der Waals surface area contributed by atoms with Gasteiger partial charge in [-0.05, 0) is 81.4 Å². The fourth-order valence-corrected chi connectivity index (χ4v) is 4.01. The van der Waals surface area contributed by atoms with E-state index in [9.17, 15) is 4.79 Å². The van der Waals surface area contributed by atoms with Crippen LogP contribution < -0.4 is 10.6 Å². The molecule has 25 heavy (non-hydrogen) atoms. The maximum Gasteiger partial charge on any atom is 0.251 e. The average Bonchev–Trinajstić information content (AvgIpc) is 3.20. The van der Waals surface area contributed by atoms with Crippen molar-refractivity contribution < 1.29 is 4.79 Å². The molecule has 1 amide bonds. The quantitative estimate of drug-likeness (QED) is 0.800. The molecule has 2 aliphatic heterocycles. The van der Waals surface area contributed by atoms with E-state index < -0.39 is 0 Å². The summed E-state index contributed by atoms with van der Waals surface area (Å²) in [6, 6.07) is 8.20. The highest BCUT2D eigenvalue weighted by atomic mass is 16.1. The monoisotopic (exact) mass is 343 g/mol. The number of likely N-dealkylation sites (tertiary alicyclic amines) is 1. The van der Waals surface area contributed by atoms with Gasteiger partial charge >= 0.3 is 0 Å². The molecule has 2 saturated heterocycles. The van der Waals surface area contributed by atoms with E-state index in [-0.39, 0.29) is 5.91 Å². The minimum Gasteiger partial charge on any atom is -0.352 e. The lowest BCUT2D eigenvalue weighted by molar-refractivity contribution is 0.0936. The van der Waals surface area contributed by atoms with Gasteiger partial charge in [-0.2, -0.15) is 0 Å². The van der Waals surface area contributed by atoms with Crippen LogP contribution in [0.5, 0.6) is 0 Å². The van der Waals surface area contributed by atoms with Crippen LogP contribution in [0.2, 0.25) is 0 Å². The second kappa shape index (κ2) is 9.35. The normalized spacial score (nSPS) is 22.2. The summed E-state index contributed by atoms with van der Waals surface area (Å²) in [4.78, 5) is 15.1. The van der Waals surface area contributed by atoms with E-state index in [2.05, 4.69) is 34.6 Å². The fourth-order valence-electron chi connectivity index (χ4n) is 4.01. The molecule has 0 bridgehead atoms. The molecule has 0 unspecified atom stereocenters. The zero-order chi connectivity index (χ0) is 17.5. The summed E-state index contributed by atoms with van der Waals surface area (Å²) in [6.45, 7) is 8.78. The average molecular weight is 344 g/mol. The van der Waals surface area contributed by atoms with Crippen molar-refractivity contribution in [1.29, 1.82) is 0 Å². The Balaban J connectivity index is 1.44. The van der Waals surface area contributed by atoms with Gasteiger partial charge < -0.3 is 15.5 Å². The summed E-state index contributed by atoms with van der Waals surface area (Å²) < 4.78 is 0. The molecule has 0 aromatic heterocycles. The molecule has 2 heterocycles. The van der Waals surface area contributed by atoms with Crippen molar-refractivity contribution in [3.63, 3.8) is 0 Å². The third kappa shape index (κ3) is 5.29. The van der Waals surface area contributed by atoms with E-state index in [1.54, 1.807) is 0 Å². The number of benzene rings is 1. The zero-order valence-electron chi connectivity index (χ0n) is 15.6. The van der Waals surface area contributed by atoms with Gasteiger partial charge in [-0.1, -0.05) is 25.5 Å². The van der Waals surface area contributed by atoms with Gasteiger partial charge in [-0.15, -0.1) is 0 Å². The van der Waals surface area contributed by atoms with Crippen molar-refractivity contribution in [3.8, 4) is 0 Å². The number of carbonyl (C=O) groups excluding carboxylic acids is 1. The number of hydrogen-bond acceptors (Lipinski definition) is 3. The molecule has 0 aliphatic carbocycles. The highest BCUT2D eigenvalue weighted by Gasteiger charge is 2.20. The Labute approximate surface area is 152 Å². The molecule has 0 radical (unpaired) electrons. The van der Waals surface area contributed by atoms with Crippen LogP contribution in [0.3, 0.4) is 0 Å². The Morgan fingerprint density at radius 3 is 2.84 bits per heavy atom. The van der Waals surface area contributed by atoms with Crippen molar-refractivity contribution in [3.05, 3.63) is 35.4 Å². The Morgan fingerprint density at radius 2 is 2.12 bits per heavy atom. The lowest BCUT2D eigenvalue weighted by Crippen LogP contribution is -2.39. The second-order valence-electron chi connectivity index (χ2n) is 7.66. The molecule has 2 aliphatic rings. The van der Waals surface area contributed by atoms with Crippen molar-refractivity contribution >= 4 is 5.91 Å². The maximum atomic E-state index is 12.5. The third-order valence-electron chi connectivity index (χ3n) is 5.77. The van der Waals surface area contributed by atoms with E-state index in [0.717, 1.165) is 25.2 Å². The summed E-state index contributed by atoms with van der Waals surface area (Å²) >= 11 is 0. The number of nitrogens with one attached hydrogen (secondary N) is 2. The van der Waals surface area contributed by atoms with Crippen molar-refractivity contribution in [1.82, 2.24) is 15.5 Å². The summed E-state index contributed by atoms with van der Waals surface area (Å²) in [5.41, 5.74) is 2.10. The highest BCUT2D eigenvalue weighted by Crippen LogP contribution is 2.23. The molecular weight excluding hydrogens is 310 g/mol. The zero-order valence-corrected chi connectivity index (χ0v) is 15.6. The molecule has 1 atom stereocenters.